The summed E-state index contributed by atoms with van der Waals surface area (Å²) in [5.41, 5.74) is 4.52. The van der Waals surface area contributed by atoms with Gasteiger partial charge in [-0.2, -0.15) is 5.10 Å². The van der Waals surface area contributed by atoms with Crippen molar-refractivity contribution < 1.29 is 4.74 Å². The van der Waals surface area contributed by atoms with Gasteiger partial charge in [0.2, 0.25) is 0 Å². The van der Waals surface area contributed by atoms with Crippen molar-refractivity contribution in [3.63, 3.8) is 0 Å². The fourth-order valence-corrected chi connectivity index (χ4v) is 3.78. The molecule has 4 nitrogen and oxygen atoms in total. The van der Waals surface area contributed by atoms with E-state index in [-0.39, 0.29) is 6.10 Å². The normalized spacial score (nSPS) is 15.9. The number of aromatic nitrogens is 2. The predicted octanol–water partition coefficient (Wildman–Crippen LogP) is 4.18. The molecule has 0 saturated heterocycles. The molecule has 0 radical (unpaired) electrons. The van der Waals surface area contributed by atoms with Crippen LogP contribution in [0.15, 0.2) is 54.7 Å². The van der Waals surface area contributed by atoms with Gasteiger partial charge in [-0.3, -0.25) is 9.58 Å². The Morgan fingerprint density at radius 3 is 2.88 bits per heavy atom. The molecule has 1 aliphatic rings. The second kappa shape index (κ2) is 7.14. The number of rotatable bonds is 5. The number of hydrogen-bond acceptors (Lipinski definition) is 3. The van der Waals surface area contributed by atoms with Crippen molar-refractivity contribution in [2.75, 3.05) is 13.6 Å². The van der Waals surface area contributed by atoms with Crippen molar-refractivity contribution in [3.05, 3.63) is 70.9 Å². The number of aryl methyl sites for hydroxylation is 1. The zero-order valence-corrected chi connectivity index (χ0v) is 15.8. The number of likely N-dealkylation sites (N-methyl/N-ethyl adjacent to an activating group) is 1. The van der Waals surface area contributed by atoms with Crippen LogP contribution in [0.3, 0.4) is 0 Å². The first-order valence-corrected chi connectivity index (χ1v) is 9.18. The molecule has 0 amide bonds. The number of ether oxygens (including phenoxy) is 1. The number of hydrogen-bond donors (Lipinski definition) is 0. The maximum atomic E-state index is 6.16. The molecule has 4 rings (SSSR count). The monoisotopic (exact) mass is 367 g/mol. The quantitative estimate of drug-likeness (QED) is 0.677. The minimum Gasteiger partial charge on any atom is -0.488 e. The molecule has 0 bridgehead atoms. The highest BCUT2D eigenvalue weighted by atomic mass is 35.5. The van der Waals surface area contributed by atoms with Crippen LogP contribution in [0.1, 0.15) is 11.1 Å². The van der Waals surface area contributed by atoms with Crippen molar-refractivity contribution in [2.24, 2.45) is 7.05 Å². The molecule has 1 aliphatic heterocycles. The van der Waals surface area contributed by atoms with Gasteiger partial charge >= 0.3 is 0 Å². The van der Waals surface area contributed by atoms with Crippen LogP contribution in [0, 0.1) is 0 Å². The molecule has 1 atom stereocenters. The van der Waals surface area contributed by atoms with Crippen LogP contribution in [-0.2, 0) is 20.0 Å². The van der Waals surface area contributed by atoms with Gasteiger partial charge in [-0.05, 0) is 30.8 Å². The van der Waals surface area contributed by atoms with Crippen molar-refractivity contribution in [1.29, 1.82) is 0 Å². The SMILES string of the molecule is CN(Cc1cn(C)nc1-c1cccc(Cl)c1)CC1Cc2ccccc2O1. The molecule has 1 aromatic heterocycles. The van der Waals surface area contributed by atoms with E-state index < -0.39 is 0 Å². The van der Waals surface area contributed by atoms with E-state index in [1.165, 1.54) is 11.1 Å². The zero-order chi connectivity index (χ0) is 18.1. The molecule has 26 heavy (non-hydrogen) atoms. The van der Waals surface area contributed by atoms with Crippen LogP contribution >= 0.6 is 11.6 Å². The maximum absolute atomic E-state index is 6.16. The Labute approximate surface area is 159 Å². The van der Waals surface area contributed by atoms with Crippen LogP contribution in [-0.4, -0.2) is 34.4 Å². The highest BCUT2D eigenvalue weighted by Crippen LogP contribution is 2.29. The lowest BCUT2D eigenvalue weighted by molar-refractivity contribution is 0.165. The second-order valence-corrected chi connectivity index (χ2v) is 7.37. The highest BCUT2D eigenvalue weighted by Gasteiger charge is 2.24. The summed E-state index contributed by atoms with van der Waals surface area (Å²) in [6.07, 6.45) is 3.25. The molecule has 0 fully saturated rings. The third-order valence-electron chi connectivity index (χ3n) is 4.67. The summed E-state index contributed by atoms with van der Waals surface area (Å²) >= 11 is 6.16. The first-order valence-electron chi connectivity index (χ1n) is 8.80. The van der Waals surface area contributed by atoms with Gasteiger partial charge in [0.1, 0.15) is 11.9 Å². The van der Waals surface area contributed by atoms with Crippen LogP contribution < -0.4 is 4.74 Å². The van der Waals surface area contributed by atoms with Gasteiger partial charge in [-0.25, -0.2) is 0 Å². The number of benzene rings is 2. The van der Waals surface area contributed by atoms with Crippen LogP contribution in [0.4, 0.5) is 0 Å². The van der Waals surface area contributed by atoms with E-state index in [1.54, 1.807) is 0 Å². The van der Waals surface area contributed by atoms with E-state index in [9.17, 15) is 0 Å². The van der Waals surface area contributed by atoms with Gasteiger partial charge in [0.15, 0.2) is 0 Å². The van der Waals surface area contributed by atoms with Crippen molar-refractivity contribution in [2.45, 2.75) is 19.1 Å². The summed E-state index contributed by atoms with van der Waals surface area (Å²) in [5, 5.41) is 5.37. The number of fused-ring (bicyclic) bond motifs is 1. The molecule has 0 N–H and O–H groups in total. The molecule has 1 unspecified atom stereocenters. The van der Waals surface area contributed by atoms with Crippen molar-refractivity contribution in [1.82, 2.24) is 14.7 Å². The third kappa shape index (κ3) is 3.62. The number of para-hydroxylation sites is 1. The summed E-state index contributed by atoms with van der Waals surface area (Å²) in [6, 6.07) is 16.2. The molecule has 3 aromatic rings. The standard InChI is InChI=1S/C21H22ClN3O/c1-24(14-19-11-15-6-3-4-9-20(15)26-19)12-17-13-25(2)23-21(17)16-7-5-8-18(22)10-16/h3-10,13,19H,11-12,14H2,1-2H3. The molecule has 5 heteroatoms. The second-order valence-electron chi connectivity index (χ2n) is 6.94. The van der Waals surface area contributed by atoms with E-state index in [0.717, 1.165) is 41.5 Å². The first-order chi connectivity index (χ1) is 12.6. The molecule has 2 heterocycles. The highest BCUT2D eigenvalue weighted by molar-refractivity contribution is 6.30. The molecular weight excluding hydrogens is 346 g/mol. The van der Waals surface area contributed by atoms with Crippen LogP contribution in [0.5, 0.6) is 5.75 Å². The summed E-state index contributed by atoms with van der Waals surface area (Å²) in [7, 11) is 4.08. The largest absolute Gasteiger partial charge is 0.488 e. The molecule has 0 aliphatic carbocycles. The van der Waals surface area contributed by atoms with Gasteiger partial charge in [0, 0.05) is 48.9 Å². The fourth-order valence-electron chi connectivity index (χ4n) is 3.59. The van der Waals surface area contributed by atoms with Crippen LogP contribution in [0.2, 0.25) is 5.02 Å². The zero-order valence-electron chi connectivity index (χ0n) is 15.0. The summed E-state index contributed by atoms with van der Waals surface area (Å²) in [4.78, 5) is 2.29. The van der Waals surface area contributed by atoms with E-state index >= 15 is 0 Å². The lowest BCUT2D eigenvalue weighted by atomic mass is 10.1. The first kappa shape index (κ1) is 17.1. The average molecular weight is 368 g/mol. The van der Waals surface area contributed by atoms with Gasteiger partial charge in [-0.1, -0.05) is 41.9 Å². The molecule has 2 aromatic carbocycles. The van der Waals surface area contributed by atoms with Gasteiger partial charge in [0.25, 0.3) is 0 Å². The molecule has 134 valence electrons. The van der Waals surface area contributed by atoms with Gasteiger partial charge < -0.3 is 4.74 Å². The minimum atomic E-state index is 0.198. The third-order valence-corrected chi connectivity index (χ3v) is 4.91. The summed E-state index contributed by atoms with van der Waals surface area (Å²) < 4.78 is 7.93. The van der Waals surface area contributed by atoms with Crippen LogP contribution in [0.25, 0.3) is 11.3 Å². The van der Waals surface area contributed by atoms with Gasteiger partial charge in [0.05, 0.1) is 5.69 Å². The average Bonchev–Trinajstić information content (AvgIpc) is 3.17. The summed E-state index contributed by atoms with van der Waals surface area (Å²) in [6.45, 7) is 1.68. The molecular formula is C21H22ClN3O. The lowest BCUT2D eigenvalue weighted by Gasteiger charge is -2.20. The van der Waals surface area contributed by atoms with E-state index in [4.69, 9.17) is 16.3 Å². The topological polar surface area (TPSA) is 30.3 Å². The van der Waals surface area contributed by atoms with Crippen molar-refractivity contribution in [3.8, 4) is 17.0 Å². The minimum absolute atomic E-state index is 0.198. The Hall–Kier alpha value is -2.30. The fraction of sp³-hybridized carbons (Fsp3) is 0.286. The Balaban J connectivity index is 1.46. The number of halogens is 1. The van der Waals surface area contributed by atoms with E-state index in [0.29, 0.717) is 0 Å². The van der Waals surface area contributed by atoms with E-state index in [2.05, 4.69) is 41.4 Å². The molecule has 0 spiro atoms. The molecule has 0 saturated carbocycles. The smallest absolute Gasteiger partial charge is 0.123 e. The Morgan fingerprint density at radius 1 is 1.23 bits per heavy atom. The Morgan fingerprint density at radius 2 is 2.08 bits per heavy atom. The Kier molecular flexibility index (Phi) is 4.70. The Bertz CT molecular complexity index is 896. The predicted molar refractivity (Wildman–Crippen MR) is 105 cm³/mol. The van der Waals surface area contributed by atoms with E-state index in [1.807, 2.05) is 42.1 Å². The number of nitrogens with zero attached hydrogens (tertiary/aromatic N) is 3. The lowest BCUT2D eigenvalue weighted by Crippen LogP contribution is -2.31. The maximum Gasteiger partial charge on any atom is 0.123 e. The van der Waals surface area contributed by atoms with Gasteiger partial charge in [-0.15, -0.1) is 0 Å². The van der Waals surface area contributed by atoms with Crippen molar-refractivity contribution >= 4 is 11.6 Å². The summed E-state index contributed by atoms with van der Waals surface area (Å²) in [5.74, 6) is 1.02.